The third-order valence-electron chi connectivity index (χ3n) is 2.76. The van der Waals surface area contributed by atoms with Gasteiger partial charge in [-0.05, 0) is 25.1 Å². The summed E-state index contributed by atoms with van der Waals surface area (Å²) in [6.45, 7) is 2.59. The molecule has 0 bridgehead atoms. The highest BCUT2D eigenvalue weighted by Gasteiger charge is 2.09. The molecule has 2 aromatic rings. The zero-order chi connectivity index (χ0) is 13.8. The van der Waals surface area contributed by atoms with E-state index < -0.39 is 0 Å². The number of benzene rings is 1. The Bertz CT molecular complexity index is 595. The molecule has 0 radical (unpaired) electrons. The Hall–Kier alpha value is -2.08. The smallest absolute Gasteiger partial charge is 0.337 e. The van der Waals surface area contributed by atoms with E-state index in [4.69, 9.17) is 5.73 Å². The maximum atomic E-state index is 11.5. The van der Waals surface area contributed by atoms with E-state index in [1.807, 2.05) is 6.92 Å². The summed E-state index contributed by atoms with van der Waals surface area (Å²) >= 11 is 1.58. The van der Waals surface area contributed by atoms with Crippen molar-refractivity contribution in [2.24, 2.45) is 0 Å². The normalized spacial score (nSPS) is 10.2. The average Bonchev–Trinajstić information content (AvgIpc) is 2.82. The van der Waals surface area contributed by atoms with Crippen LogP contribution >= 0.6 is 11.3 Å². The van der Waals surface area contributed by atoms with Gasteiger partial charge in [-0.2, -0.15) is 0 Å². The summed E-state index contributed by atoms with van der Waals surface area (Å²) in [5, 5.41) is 3.21. The molecule has 19 heavy (non-hydrogen) atoms. The SMILES string of the molecule is COC(=O)c1ccc(N)c(NCc2scnc2C)c1. The Labute approximate surface area is 115 Å². The standard InChI is InChI=1S/C13H15N3O2S/c1-8-12(19-7-16-8)6-15-11-5-9(13(17)18-2)3-4-10(11)14/h3-5,7,15H,6,14H2,1-2H3. The summed E-state index contributed by atoms with van der Waals surface area (Å²) in [5.41, 5.74) is 10.5. The Balaban J connectivity index is 2.15. The van der Waals surface area contributed by atoms with E-state index in [0.717, 1.165) is 16.3 Å². The van der Waals surface area contributed by atoms with Gasteiger partial charge in [0.25, 0.3) is 0 Å². The van der Waals surface area contributed by atoms with E-state index in [2.05, 4.69) is 15.0 Å². The van der Waals surface area contributed by atoms with Crippen LogP contribution in [0.1, 0.15) is 20.9 Å². The highest BCUT2D eigenvalue weighted by atomic mass is 32.1. The van der Waals surface area contributed by atoms with Gasteiger partial charge in [-0.1, -0.05) is 0 Å². The number of nitrogen functional groups attached to an aromatic ring is 1. The van der Waals surface area contributed by atoms with Gasteiger partial charge in [0.15, 0.2) is 0 Å². The molecule has 1 aromatic carbocycles. The quantitative estimate of drug-likeness (QED) is 0.663. The minimum absolute atomic E-state index is 0.378. The molecule has 0 amide bonds. The first-order chi connectivity index (χ1) is 9.11. The maximum absolute atomic E-state index is 11.5. The molecule has 1 heterocycles. The van der Waals surface area contributed by atoms with E-state index >= 15 is 0 Å². The van der Waals surface area contributed by atoms with Gasteiger partial charge in [0.1, 0.15) is 0 Å². The van der Waals surface area contributed by atoms with Crippen LogP contribution in [0.25, 0.3) is 0 Å². The second-order valence-corrected chi connectivity index (χ2v) is 4.95. The van der Waals surface area contributed by atoms with Crippen molar-refractivity contribution in [3.05, 3.63) is 39.8 Å². The number of methoxy groups -OCH3 is 1. The number of nitrogens with zero attached hydrogens (tertiary/aromatic N) is 1. The lowest BCUT2D eigenvalue weighted by molar-refractivity contribution is 0.0601. The molecule has 0 unspecified atom stereocenters. The van der Waals surface area contributed by atoms with Gasteiger partial charge >= 0.3 is 5.97 Å². The van der Waals surface area contributed by atoms with Gasteiger partial charge in [-0.15, -0.1) is 11.3 Å². The summed E-state index contributed by atoms with van der Waals surface area (Å²) in [4.78, 5) is 16.8. The number of carbonyl (C=O) groups excluding carboxylic acids is 1. The predicted molar refractivity (Wildman–Crippen MR) is 76.4 cm³/mol. The molecule has 0 atom stereocenters. The number of aromatic nitrogens is 1. The summed E-state index contributed by atoms with van der Waals surface area (Å²) < 4.78 is 4.69. The molecule has 0 aliphatic rings. The van der Waals surface area contributed by atoms with Crippen LogP contribution < -0.4 is 11.1 Å². The molecule has 3 N–H and O–H groups in total. The second kappa shape index (κ2) is 5.71. The predicted octanol–water partition coefficient (Wildman–Crippen LogP) is 2.43. The van der Waals surface area contributed by atoms with Crippen LogP contribution in [0.5, 0.6) is 0 Å². The lowest BCUT2D eigenvalue weighted by atomic mass is 10.1. The van der Waals surface area contributed by atoms with Crippen molar-refractivity contribution in [3.63, 3.8) is 0 Å². The number of thiazole rings is 1. The zero-order valence-corrected chi connectivity index (χ0v) is 11.6. The van der Waals surface area contributed by atoms with E-state index in [1.165, 1.54) is 7.11 Å². The van der Waals surface area contributed by atoms with Crippen LogP contribution in [0.2, 0.25) is 0 Å². The molecule has 100 valence electrons. The van der Waals surface area contributed by atoms with E-state index in [9.17, 15) is 4.79 Å². The summed E-state index contributed by atoms with van der Waals surface area (Å²) in [6.07, 6.45) is 0. The van der Waals surface area contributed by atoms with Crippen molar-refractivity contribution in [2.75, 3.05) is 18.2 Å². The van der Waals surface area contributed by atoms with Gasteiger partial charge in [0.05, 0.1) is 41.8 Å². The van der Waals surface area contributed by atoms with E-state index in [1.54, 1.807) is 35.0 Å². The molecule has 6 heteroatoms. The Morgan fingerprint density at radius 2 is 2.32 bits per heavy atom. The van der Waals surface area contributed by atoms with Crippen molar-refractivity contribution in [1.82, 2.24) is 4.98 Å². The van der Waals surface area contributed by atoms with E-state index in [0.29, 0.717) is 17.8 Å². The number of nitrogens with two attached hydrogens (primary N) is 1. The highest BCUT2D eigenvalue weighted by molar-refractivity contribution is 7.09. The van der Waals surface area contributed by atoms with Crippen molar-refractivity contribution in [2.45, 2.75) is 13.5 Å². The summed E-state index contributed by atoms with van der Waals surface area (Å²) in [7, 11) is 1.35. The lowest BCUT2D eigenvalue weighted by Crippen LogP contribution is -2.06. The number of aryl methyl sites for hydroxylation is 1. The monoisotopic (exact) mass is 277 g/mol. The summed E-state index contributed by atoms with van der Waals surface area (Å²) in [5.74, 6) is -0.378. The first-order valence-electron chi connectivity index (χ1n) is 5.72. The van der Waals surface area contributed by atoms with Crippen molar-refractivity contribution in [3.8, 4) is 0 Å². The Morgan fingerprint density at radius 3 is 2.95 bits per heavy atom. The number of esters is 1. The molecule has 1 aromatic heterocycles. The van der Waals surface area contributed by atoms with Gasteiger partial charge in [0.2, 0.25) is 0 Å². The Morgan fingerprint density at radius 1 is 1.53 bits per heavy atom. The maximum Gasteiger partial charge on any atom is 0.337 e. The van der Waals surface area contributed by atoms with Crippen molar-refractivity contribution < 1.29 is 9.53 Å². The highest BCUT2D eigenvalue weighted by Crippen LogP contribution is 2.22. The fourth-order valence-corrected chi connectivity index (χ4v) is 2.34. The van der Waals surface area contributed by atoms with Crippen molar-refractivity contribution >= 4 is 28.7 Å². The van der Waals surface area contributed by atoms with Gasteiger partial charge in [0, 0.05) is 4.88 Å². The number of carbonyl (C=O) groups is 1. The van der Waals surface area contributed by atoms with Gasteiger partial charge in [-0.25, -0.2) is 9.78 Å². The average molecular weight is 277 g/mol. The molecule has 0 saturated heterocycles. The van der Waals surface area contributed by atoms with Gasteiger partial charge in [-0.3, -0.25) is 0 Å². The van der Waals surface area contributed by atoms with Crippen LogP contribution in [0, 0.1) is 6.92 Å². The van der Waals surface area contributed by atoms with E-state index in [-0.39, 0.29) is 5.97 Å². The number of ether oxygens (including phenoxy) is 1. The van der Waals surface area contributed by atoms with Crippen LogP contribution in [0.4, 0.5) is 11.4 Å². The molecular formula is C13H15N3O2S. The third-order valence-corrected chi connectivity index (χ3v) is 3.69. The number of anilines is 2. The molecule has 0 saturated carbocycles. The third kappa shape index (κ3) is 3.03. The first-order valence-corrected chi connectivity index (χ1v) is 6.60. The number of hydrogen-bond donors (Lipinski definition) is 2. The largest absolute Gasteiger partial charge is 0.465 e. The number of rotatable bonds is 4. The molecule has 0 fully saturated rings. The Kier molecular flexibility index (Phi) is 4.01. The van der Waals surface area contributed by atoms with Crippen LogP contribution in [0.3, 0.4) is 0 Å². The molecule has 0 spiro atoms. The molecule has 2 rings (SSSR count). The topological polar surface area (TPSA) is 77.2 Å². The van der Waals surface area contributed by atoms with Crippen LogP contribution in [-0.4, -0.2) is 18.1 Å². The molecule has 0 aliphatic heterocycles. The molecule has 5 nitrogen and oxygen atoms in total. The van der Waals surface area contributed by atoms with Crippen molar-refractivity contribution in [1.29, 1.82) is 0 Å². The zero-order valence-electron chi connectivity index (χ0n) is 10.8. The minimum Gasteiger partial charge on any atom is -0.465 e. The van der Waals surface area contributed by atoms with Crippen LogP contribution in [0.15, 0.2) is 23.7 Å². The first kappa shape index (κ1) is 13.4. The fraction of sp³-hybridized carbons (Fsp3) is 0.231. The number of hydrogen-bond acceptors (Lipinski definition) is 6. The minimum atomic E-state index is -0.378. The van der Waals surface area contributed by atoms with Crippen LogP contribution in [-0.2, 0) is 11.3 Å². The lowest BCUT2D eigenvalue weighted by Gasteiger charge is -2.10. The van der Waals surface area contributed by atoms with Gasteiger partial charge < -0.3 is 15.8 Å². The molecular weight excluding hydrogens is 262 g/mol. The fourth-order valence-electron chi connectivity index (χ4n) is 1.63. The second-order valence-electron chi connectivity index (χ2n) is 4.01. The molecule has 0 aliphatic carbocycles. The summed E-state index contributed by atoms with van der Waals surface area (Å²) in [6, 6.07) is 5.02. The number of nitrogens with one attached hydrogen (secondary N) is 1.